The Hall–Kier alpha value is -0.220. The van der Waals surface area contributed by atoms with Gasteiger partial charge in [-0.25, -0.2) is 0 Å². The topological polar surface area (TPSA) is 35.5 Å². The molecule has 0 bridgehead atoms. The highest BCUT2D eigenvalue weighted by Crippen LogP contribution is 2.25. The van der Waals surface area contributed by atoms with Crippen molar-refractivity contribution in [2.24, 2.45) is 11.8 Å². The zero-order valence-corrected chi connectivity index (χ0v) is 8.76. The highest BCUT2D eigenvalue weighted by Gasteiger charge is 2.29. The smallest absolute Gasteiger partial charge is 0.309 e. The molecule has 0 aliphatic carbocycles. The molecule has 1 aliphatic heterocycles. The second kappa shape index (κ2) is 5.50. The van der Waals surface area contributed by atoms with Gasteiger partial charge in [-0.05, 0) is 18.8 Å². The first-order chi connectivity index (χ1) is 6.29. The van der Waals surface area contributed by atoms with Crippen LogP contribution in [0.25, 0.3) is 0 Å². The van der Waals surface area contributed by atoms with Crippen LogP contribution in [0.2, 0.25) is 0 Å². The largest absolute Gasteiger partial charge is 0.469 e. The van der Waals surface area contributed by atoms with Crippen LogP contribution in [0.4, 0.5) is 0 Å². The van der Waals surface area contributed by atoms with Gasteiger partial charge in [-0.3, -0.25) is 4.79 Å². The van der Waals surface area contributed by atoms with Crippen molar-refractivity contribution in [3.8, 4) is 0 Å². The van der Waals surface area contributed by atoms with Gasteiger partial charge in [0.15, 0.2) is 0 Å². The average molecular weight is 204 g/mol. The van der Waals surface area contributed by atoms with E-state index in [1.165, 1.54) is 7.11 Å². The molecular formula is C9H16O3S. The lowest BCUT2D eigenvalue weighted by molar-refractivity contribution is -0.147. The Morgan fingerprint density at radius 3 is 2.69 bits per heavy atom. The summed E-state index contributed by atoms with van der Waals surface area (Å²) in [7, 11) is 1.43. The van der Waals surface area contributed by atoms with E-state index in [0.29, 0.717) is 11.7 Å². The molecule has 1 heterocycles. The molecule has 0 amide bonds. The average Bonchev–Trinajstić information content (AvgIpc) is 2.20. The van der Waals surface area contributed by atoms with Gasteiger partial charge >= 0.3 is 5.97 Å². The van der Waals surface area contributed by atoms with E-state index in [0.717, 1.165) is 26.1 Å². The Bertz CT molecular complexity index is 166. The van der Waals surface area contributed by atoms with E-state index < -0.39 is 0 Å². The Kier molecular flexibility index (Phi) is 4.59. The van der Waals surface area contributed by atoms with Crippen LogP contribution in [0.1, 0.15) is 12.8 Å². The fourth-order valence-corrected chi connectivity index (χ4v) is 2.13. The van der Waals surface area contributed by atoms with Gasteiger partial charge in [0.05, 0.1) is 13.0 Å². The van der Waals surface area contributed by atoms with Crippen LogP contribution in [0.5, 0.6) is 0 Å². The van der Waals surface area contributed by atoms with Crippen LogP contribution in [0.15, 0.2) is 0 Å². The van der Waals surface area contributed by atoms with E-state index in [-0.39, 0.29) is 11.9 Å². The van der Waals surface area contributed by atoms with E-state index in [2.05, 4.69) is 12.6 Å². The maximum atomic E-state index is 11.3. The van der Waals surface area contributed by atoms with Gasteiger partial charge in [0.25, 0.3) is 0 Å². The lowest BCUT2D eigenvalue weighted by Gasteiger charge is -2.27. The molecule has 0 aromatic heterocycles. The van der Waals surface area contributed by atoms with E-state index in [1.807, 2.05) is 0 Å². The van der Waals surface area contributed by atoms with Gasteiger partial charge in [0, 0.05) is 19.0 Å². The normalized spacial score (nSPS) is 21.1. The standard InChI is InChI=1S/C9H16O3S/c1-11-9(10)8(6-13)7-2-4-12-5-3-7/h7-8,13H,2-6H2,1H3. The molecule has 13 heavy (non-hydrogen) atoms. The van der Waals surface area contributed by atoms with E-state index in [9.17, 15) is 4.79 Å². The number of esters is 1. The van der Waals surface area contributed by atoms with Crippen molar-refractivity contribution in [2.75, 3.05) is 26.1 Å². The van der Waals surface area contributed by atoms with Gasteiger partial charge in [-0.15, -0.1) is 0 Å². The second-order valence-electron chi connectivity index (χ2n) is 3.26. The number of methoxy groups -OCH3 is 1. The number of hydrogen-bond acceptors (Lipinski definition) is 4. The molecule has 4 heteroatoms. The molecule has 1 rings (SSSR count). The van der Waals surface area contributed by atoms with Crippen molar-refractivity contribution in [3.63, 3.8) is 0 Å². The van der Waals surface area contributed by atoms with Gasteiger partial charge in [0.2, 0.25) is 0 Å². The number of carbonyl (C=O) groups is 1. The van der Waals surface area contributed by atoms with Crippen LogP contribution < -0.4 is 0 Å². The lowest BCUT2D eigenvalue weighted by Crippen LogP contribution is -2.31. The molecule has 1 aliphatic rings. The SMILES string of the molecule is COC(=O)C(CS)C1CCOCC1. The Morgan fingerprint density at radius 1 is 1.62 bits per heavy atom. The van der Waals surface area contributed by atoms with Gasteiger partial charge in [0.1, 0.15) is 0 Å². The van der Waals surface area contributed by atoms with Crippen LogP contribution in [-0.2, 0) is 14.3 Å². The summed E-state index contributed by atoms with van der Waals surface area (Å²) in [5.41, 5.74) is 0. The quantitative estimate of drug-likeness (QED) is 0.553. The van der Waals surface area contributed by atoms with Crippen LogP contribution in [0.3, 0.4) is 0 Å². The summed E-state index contributed by atoms with van der Waals surface area (Å²) >= 11 is 4.18. The number of carbonyl (C=O) groups excluding carboxylic acids is 1. The predicted octanol–water partition coefficient (Wildman–Crippen LogP) is 1.13. The highest BCUT2D eigenvalue weighted by atomic mass is 32.1. The first-order valence-electron chi connectivity index (χ1n) is 4.56. The van der Waals surface area contributed by atoms with Crippen molar-refractivity contribution in [1.82, 2.24) is 0 Å². The molecule has 0 spiro atoms. The zero-order valence-electron chi connectivity index (χ0n) is 7.86. The minimum Gasteiger partial charge on any atom is -0.469 e. The molecule has 0 saturated carbocycles. The Morgan fingerprint density at radius 2 is 2.23 bits per heavy atom. The van der Waals surface area contributed by atoms with Gasteiger partial charge < -0.3 is 9.47 Å². The third-order valence-corrected chi connectivity index (χ3v) is 2.93. The number of ether oxygens (including phenoxy) is 2. The van der Waals surface area contributed by atoms with Crippen molar-refractivity contribution in [1.29, 1.82) is 0 Å². The molecule has 0 N–H and O–H groups in total. The molecule has 1 saturated heterocycles. The first kappa shape index (κ1) is 10.9. The summed E-state index contributed by atoms with van der Waals surface area (Å²) in [6.45, 7) is 1.51. The molecule has 0 radical (unpaired) electrons. The number of rotatable bonds is 3. The van der Waals surface area contributed by atoms with Crippen molar-refractivity contribution < 1.29 is 14.3 Å². The van der Waals surface area contributed by atoms with E-state index >= 15 is 0 Å². The Labute approximate surface area is 84.2 Å². The molecule has 0 aromatic carbocycles. The maximum absolute atomic E-state index is 11.3. The molecule has 3 nitrogen and oxygen atoms in total. The van der Waals surface area contributed by atoms with Gasteiger partial charge in [-0.2, -0.15) is 12.6 Å². The number of hydrogen-bond donors (Lipinski definition) is 1. The van der Waals surface area contributed by atoms with Crippen molar-refractivity contribution >= 4 is 18.6 Å². The summed E-state index contributed by atoms with van der Waals surface area (Å²) in [6.07, 6.45) is 1.89. The van der Waals surface area contributed by atoms with E-state index in [4.69, 9.17) is 9.47 Å². The number of thiol groups is 1. The van der Waals surface area contributed by atoms with Crippen molar-refractivity contribution in [3.05, 3.63) is 0 Å². The van der Waals surface area contributed by atoms with Crippen LogP contribution in [0, 0.1) is 11.8 Å². The van der Waals surface area contributed by atoms with Crippen LogP contribution in [-0.4, -0.2) is 32.0 Å². The minimum absolute atomic E-state index is 0.0581. The predicted molar refractivity (Wildman–Crippen MR) is 52.9 cm³/mol. The summed E-state index contributed by atoms with van der Waals surface area (Å²) in [5, 5.41) is 0. The summed E-state index contributed by atoms with van der Waals surface area (Å²) in [4.78, 5) is 11.3. The Balaban J connectivity index is 2.48. The second-order valence-corrected chi connectivity index (χ2v) is 3.63. The molecule has 1 fully saturated rings. The summed E-state index contributed by atoms with van der Waals surface area (Å²) in [6, 6.07) is 0. The molecular weight excluding hydrogens is 188 g/mol. The fraction of sp³-hybridized carbons (Fsp3) is 0.889. The zero-order chi connectivity index (χ0) is 9.68. The van der Waals surface area contributed by atoms with E-state index in [1.54, 1.807) is 0 Å². The van der Waals surface area contributed by atoms with Gasteiger partial charge in [-0.1, -0.05) is 0 Å². The molecule has 76 valence electrons. The summed E-state index contributed by atoms with van der Waals surface area (Å²) in [5.74, 6) is 0.759. The third kappa shape index (κ3) is 2.88. The fourth-order valence-electron chi connectivity index (χ4n) is 1.69. The van der Waals surface area contributed by atoms with Crippen molar-refractivity contribution in [2.45, 2.75) is 12.8 Å². The summed E-state index contributed by atoms with van der Waals surface area (Å²) < 4.78 is 9.96. The van der Waals surface area contributed by atoms with Crippen LogP contribution >= 0.6 is 12.6 Å². The lowest BCUT2D eigenvalue weighted by atomic mass is 9.87. The molecule has 1 atom stereocenters. The minimum atomic E-state index is -0.137. The highest BCUT2D eigenvalue weighted by molar-refractivity contribution is 7.80. The monoisotopic (exact) mass is 204 g/mol. The first-order valence-corrected chi connectivity index (χ1v) is 5.19. The molecule has 0 aromatic rings. The molecule has 1 unspecified atom stereocenters. The maximum Gasteiger partial charge on any atom is 0.309 e. The third-order valence-electron chi connectivity index (χ3n) is 2.54.